The molecule has 114 valence electrons. The normalized spacial score (nSPS) is 10.7. The molecule has 0 fully saturated rings. The molecule has 6 heteroatoms. The zero-order valence-corrected chi connectivity index (χ0v) is 14.0. The van der Waals surface area contributed by atoms with Gasteiger partial charge in [-0.3, -0.25) is 0 Å². The maximum absolute atomic E-state index is 4.67. The van der Waals surface area contributed by atoms with Crippen LogP contribution in [0.3, 0.4) is 0 Å². The van der Waals surface area contributed by atoms with E-state index in [1.165, 1.54) is 4.88 Å². The molecule has 0 aliphatic heterocycles. The molecule has 0 unspecified atom stereocenters. The highest BCUT2D eigenvalue weighted by Crippen LogP contribution is 2.20. The fraction of sp³-hybridized carbons (Fsp3) is 0.533. The van der Waals surface area contributed by atoms with Gasteiger partial charge < -0.3 is 10.2 Å². The first-order valence-corrected chi connectivity index (χ1v) is 8.23. The van der Waals surface area contributed by atoms with Crippen molar-refractivity contribution >= 4 is 23.0 Å². The van der Waals surface area contributed by atoms with Crippen molar-refractivity contribution < 1.29 is 0 Å². The summed E-state index contributed by atoms with van der Waals surface area (Å²) in [4.78, 5) is 17.0. The van der Waals surface area contributed by atoms with E-state index in [9.17, 15) is 0 Å². The maximum Gasteiger partial charge on any atom is 0.134 e. The van der Waals surface area contributed by atoms with Crippen molar-refractivity contribution in [1.82, 2.24) is 15.0 Å². The molecule has 2 heterocycles. The van der Waals surface area contributed by atoms with E-state index in [4.69, 9.17) is 0 Å². The topological polar surface area (TPSA) is 53.9 Å². The van der Waals surface area contributed by atoms with Crippen LogP contribution in [0.1, 0.15) is 36.7 Å². The number of nitrogens with one attached hydrogen (secondary N) is 1. The molecular weight excluding hydrogens is 282 g/mol. The van der Waals surface area contributed by atoms with Crippen molar-refractivity contribution in [1.29, 1.82) is 0 Å². The first-order chi connectivity index (χ1) is 10.1. The summed E-state index contributed by atoms with van der Waals surface area (Å²) in [6.07, 6.45) is 1.95. The van der Waals surface area contributed by atoms with E-state index in [2.05, 4.69) is 46.1 Å². The number of nitrogens with zero attached hydrogens (tertiary/aromatic N) is 4. The second kappa shape index (κ2) is 7.36. The summed E-state index contributed by atoms with van der Waals surface area (Å²) in [6, 6.07) is 2.01. The third-order valence-electron chi connectivity index (χ3n) is 3.21. The lowest BCUT2D eigenvalue weighted by Gasteiger charge is -2.19. The van der Waals surface area contributed by atoms with Gasteiger partial charge in [0.2, 0.25) is 0 Å². The van der Waals surface area contributed by atoms with Crippen LogP contribution < -0.4 is 10.2 Å². The van der Waals surface area contributed by atoms with Crippen molar-refractivity contribution in [3.05, 3.63) is 28.0 Å². The van der Waals surface area contributed by atoms with Gasteiger partial charge in [0.05, 0.1) is 17.7 Å². The Morgan fingerprint density at radius 3 is 2.71 bits per heavy atom. The molecule has 0 saturated heterocycles. The van der Waals surface area contributed by atoms with E-state index in [-0.39, 0.29) is 0 Å². The predicted octanol–water partition coefficient (Wildman–Crippen LogP) is 3.26. The second-order valence-corrected chi connectivity index (χ2v) is 5.96. The average molecular weight is 305 g/mol. The van der Waals surface area contributed by atoms with E-state index in [0.717, 1.165) is 49.1 Å². The minimum Gasteiger partial charge on any atom is -0.370 e. The lowest BCUT2D eigenvalue weighted by Crippen LogP contribution is -2.19. The number of anilines is 2. The summed E-state index contributed by atoms with van der Waals surface area (Å²) in [5.41, 5.74) is 2.99. The number of rotatable bonds is 7. The minimum absolute atomic E-state index is 0.824. The van der Waals surface area contributed by atoms with Crippen molar-refractivity contribution in [2.24, 2.45) is 0 Å². The molecule has 0 aliphatic rings. The van der Waals surface area contributed by atoms with Gasteiger partial charge in [0.15, 0.2) is 0 Å². The summed E-state index contributed by atoms with van der Waals surface area (Å²) < 4.78 is 0. The van der Waals surface area contributed by atoms with Crippen LogP contribution in [0.15, 0.2) is 11.6 Å². The van der Waals surface area contributed by atoms with Crippen LogP contribution in [0, 0.1) is 6.92 Å². The smallest absolute Gasteiger partial charge is 0.134 e. The van der Waals surface area contributed by atoms with Crippen molar-refractivity contribution in [2.75, 3.05) is 23.8 Å². The lowest BCUT2D eigenvalue weighted by molar-refractivity contribution is 0.813. The first-order valence-electron chi connectivity index (χ1n) is 7.36. The van der Waals surface area contributed by atoms with Gasteiger partial charge in [-0.2, -0.15) is 0 Å². The largest absolute Gasteiger partial charge is 0.370 e. The van der Waals surface area contributed by atoms with E-state index < -0.39 is 0 Å². The van der Waals surface area contributed by atoms with Gasteiger partial charge in [0, 0.05) is 31.0 Å². The Hall–Kier alpha value is -1.69. The minimum atomic E-state index is 0.824. The molecule has 21 heavy (non-hydrogen) atoms. The van der Waals surface area contributed by atoms with Crippen molar-refractivity contribution in [3.8, 4) is 0 Å². The summed E-state index contributed by atoms with van der Waals surface area (Å²) in [5, 5.41) is 3.28. The van der Waals surface area contributed by atoms with Crippen LogP contribution in [0.5, 0.6) is 0 Å². The van der Waals surface area contributed by atoms with E-state index >= 15 is 0 Å². The van der Waals surface area contributed by atoms with Crippen LogP contribution in [0.2, 0.25) is 0 Å². The summed E-state index contributed by atoms with van der Waals surface area (Å²) in [5.74, 6) is 2.76. The quantitative estimate of drug-likeness (QED) is 0.851. The Bertz CT molecular complexity index is 557. The second-order valence-electron chi connectivity index (χ2n) is 5.02. The Morgan fingerprint density at radius 2 is 2.10 bits per heavy atom. The van der Waals surface area contributed by atoms with Crippen LogP contribution in [-0.2, 0) is 13.0 Å². The van der Waals surface area contributed by atoms with Crippen LogP contribution in [-0.4, -0.2) is 28.5 Å². The Kier molecular flexibility index (Phi) is 5.50. The average Bonchev–Trinajstić information content (AvgIpc) is 2.85. The highest BCUT2D eigenvalue weighted by atomic mass is 32.1. The zero-order chi connectivity index (χ0) is 15.2. The number of aryl methyl sites for hydroxylation is 2. The summed E-state index contributed by atoms with van der Waals surface area (Å²) in [7, 11) is 2.06. The summed E-state index contributed by atoms with van der Waals surface area (Å²) in [6.45, 7) is 7.95. The molecule has 1 N–H and O–H groups in total. The van der Waals surface area contributed by atoms with E-state index in [1.54, 1.807) is 11.3 Å². The third kappa shape index (κ3) is 4.14. The van der Waals surface area contributed by atoms with Gasteiger partial charge in [0.1, 0.15) is 17.5 Å². The molecule has 2 aromatic rings. The molecule has 5 nitrogen and oxygen atoms in total. The molecule has 0 aliphatic carbocycles. The SMILES string of the molecule is CCCc1nc(NCC)cc(N(C)Cc2scnc2C)n1. The van der Waals surface area contributed by atoms with Gasteiger partial charge in [-0.25, -0.2) is 15.0 Å². The van der Waals surface area contributed by atoms with Crippen molar-refractivity contribution in [2.45, 2.75) is 40.2 Å². The summed E-state index contributed by atoms with van der Waals surface area (Å²) >= 11 is 1.69. The molecule has 0 aromatic carbocycles. The molecule has 0 atom stereocenters. The molecule has 0 bridgehead atoms. The highest BCUT2D eigenvalue weighted by Gasteiger charge is 2.11. The zero-order valence-electron chi connectivity index (χ0n) is 13.2. The standard InChI is InChI=1S/C15H23N5S/c1-5-7-13-18-14(16-6-2)8-15(19-13)20(4)9-12-11(3)17-10-21-12/h8,10H,5-7,9H2,1-4H3,(H,16,18,19). The highest BCUT2D eigenvalue weighted by molar-refractivity contribution is 7.09. The Morgan fingerprint density at radius 1 is 1.29 bits per heavy atom. The van der Waals surface area contributed by atoms with E-state index in [0.29, 0.717) is 0 Å². The van der Waals surface area contributed by atoms with Gasteiger partial charge in [0.25, 0.3) is 0 Å². The maximum atomic E-state index is 4.67. The van der Waals surface area contributed by atoms with Gasteiger partial charge in [-0.1, -0.05) is 6.92 Å². The van der Waals surface area contributed by atoms with Crippen LogP contribution >= 0.6 is 11.3 Å². The third-order valence-corrected chi connectivity index (χ3v) is 4.13. The Labute approximate surface area is 130 Å². The lowest BCUT2D eigenvalue weighted by atomic mass is 10.3. The van der Waals surface area contributed by atoms with E-state index in [1.807, 2.05) is 18.5 Å². The van der Waals surface area contributed by atoms with Gasteiger partial charge in [-0.15, -0.1) is 11.3 Å². The Balaban J connectivity index is 2.22. The number of aromatic nitrogens is 3. The molecule has 2 aromatic heterocycles. The fourth-order valence-electron chi connectivity index (χ4n) is 2.06. The van der Waals surface area contributed by atoms with Gasteiger partial charge in [-0.05, 0) is 20.3 Å². The predicted molar refractivity (Wildman–Crippen MR) is 89.1 cm³/mol. The molecular formula is C15H23N5S. The monoisotopic (exact) mass is 305 g/mol. The molecule has 0 spiro atoms. The van der Waals surface area contributed by atoms with Crippen LogP contribution in [0.4, 0.5) is 11.6 Å². The van der Waals surface area contributed by atoms with Gasteiger partial charge >= 0.3 is 0 Å². The first kappa shape index (κ1) is 15.7. The number of thiazole rings is 1. The molecule has 2 rings (SSSR count). The molecule has 0 amide bonds. The van der Waals surface area contributed by atoms with Crippen molar-refractivity contribution in [3.63, 3.8) is 0 Å². The number of hydrogen-bond acceptors (Lipinski definition) is 6. The molecule has 0 saturated carbocycles. The number of hydrogen-bond donors (Lipinski definition) is 1. The molecule has 0 radical (unpaired) electrons. The van der Waals surface area contributed by atoms with Crippen LogP contribution in [0.25, 0.3) is 0 Å². The fourth-order valence-corrected chi connectivity index (χ4v) is 2.89.